The first-order valence-electron chi connectivity index (χ1n) is 3.71. The first-order chi connectivity index (χ1) is 6.16. The fourth-order valence-electron chi connectivity index (χ4n) is 1.09. The highest BCUT2D eigenvalue weighted by molar-refractivity contribution is 5.85. The fourth-order valence-corrected chi connectivity index (χ4v) is 1.09. The van der Waals surface area contributed by atoms with Gasteiger partial charge in [-0.25, -0.2) is 14.8 Å². The van der Waals surface area contributed by atoms with E-state index in [1.165, 1.54) is 6.20 Å². The maximum atomic E-state index is 10.6. The summed E-state index contributed by atoms with van der Waals surface area (Å²) in [6, 6.07) is 0. The van der Waals surface area contributed by atoms with E-state index in [2.05, 4.69) is 9.97 Å². The summed E-state index contributed by atoms with van der Waals surface area (Å²) in [6.07, 6.45) is 4.87. The minimum Gasteiger partial charge on any atom is -0.476 e. The molecule has 0 unspecified atom stereocenters. The van der Waals surface area contributed by atoms with E-state index in [4.69, 9.17) is 5.11 Å². The lowest BCUT2D eigenvalue weighted by atomic mass is 10.4. The Bertz CT molecular complexity index is 475. The predicted molar refractivity (Wildman–Crippen MR) is 44.7 cm³/mol. The molecule has 13 heavy (non-hydrogen) atoms. The highest BCUT2D eigenvalue weighted by Crippen LogP contribution is 2.03. The number of carbonyl (C=O) groups is 1. The summed E-state index contributed by atoms with van der Waals surface area (Å²) in [7, 11) is 0. The summed E-state index contributed by atoms with van der Waals surface area (Å²) >= 11 is 0. The van der Waals surface area contributed by atoms with E-state index in [1.54, 1.807) is 16.8 Å². The van der Waals surface area contributed by atoms with Gasteiger partial charge in [0.1, 0.15) is 0 Å². The van der Waals surface area contributed by atoms with Gasteiger partial charge in [-0.3, -0.25) is 4.40 Å². The van der Waals surface area contributed by atoms with Crippen LogP contribution in [0.4, 0.5) is 0 Å². The van der Waals surface area contributed by atoms with Crippen molar-refractivity contribution >= 4 is 11.7 Å². The number of hydrogen-bond acceptors (Lipinski definition) is 3. The molecule has 0 amide bonds. The van der Waals surface area contributed by atoms with Gasteiger partial charge >= 0.3 is 5.97 Å². The second-order valence-corrected chi connectivity index (χ2v) is 2.77. The van der Waals surface area contributed by atoms with Gasteiger partial charge in [-0.2, -0.15) is 0 Å². The van der Waals surface area contributed by atoms with Crippen molar-refractivity contribution in [2.45, 2.75) is 6.92 Å². The summed E-state index contributed by atoms with van der Waals surface area (Å²) < 4.78 is 1.60. The number of aromatic carboxylic acids is 1. The van der Waals surface area contributed by atoms with Crippen molar-refractivity contribution in [3.05, 3.63) is 29.8 Å². The lowest BCUT2D eigenvalue weighted by Gasteiger charge is -1.91. The van der Waals surface area contributed by atoms with Crippen LogP contribution in [-0.4, -0.2) is 25.4 Å². The first-order valence-corrected chi connectivity index (χ1v) is 3.71. The Labute approximate surface area is 73.7 Å². The van der Waals surface area contributed by atoms with Crippen molar-refractivity contribution in [2.75, 3.05) is 0 Å². The molecule has 1 N–H and O–H groups in total. The first kappa shape index (κ1) is 7.72. The molecule has 0 aliphatic rings. The van der Waals surface area contributed by atoms with Gasteiger partial charge in [-0.1, -0.05) is 0 Å². The minimum absolute atomic E-state index is 0.0121. The third-order valence-electron chi connectivity index (χ3n) is 1.66. The van der Waals surface area contributed by atoms with Crippen LogP contribution < -0.4 is 0 Å². The maximum Gasteiger partial charge on any atom is 0.356 e. The zero-order valence-corrected chi connectivity index (χ0v) is 6.93. The zero-order valence-electron chi connectivity index (χ0n) is 6.93. The van der Waals surface area contributed by atoms with E-state index < -0.39 is 5.97 Å². The molecular weight excluding hydrogens is 170 g/mol. The molecule has 2 rings (SSSR count). The highest BCUT2D eigenvalue weighted by atomic mass is 16.4. The van der Waals surface area contributed by atoms with E-state index in [-0.39, 0.29) is 5.69 Å². The lowest BCUT2D eigenvalue weighted by Crippen LogP contribution is -1.94. The van der Waals surface area contributed by atoms with Crippen LogP contribution in [0.5, 0.6) is 0 Å². The number of aryl methyl sites for hydroxylation is 1. The van der Waals surface area contributed by atoms with Crippen LogP contribution in [0.1, 0.15) is 16.1 Å². The number of imidazole rings is 1. The summed E-state index contributed by atoms with van der Waals surface area (Å²) in [5.74, 6) is -0.633. The Hall–Kier alpha value is -1.91. The molecule has 5 heteroatoms. The van der Waals surface area contributed by atoms with Crippen LogP contribution in [0.15, 0.2) is 18.6 Å². The van der Waals surface area contributed by atoms with Crippen LogP contribution in [-0.2, 0) is 0 Å². The number of carboxylic acid groups (broad SMARTS) is 1. The lowest BCUT2D eigenvalue weighted by molar-refractivity contribution is 0.0691. The van der Waals surface area contributed by atoms with Crippen LogP contribution in [0.2, 0.25) is 0 Å². The van der Waals surface area contributed by atoms with E-state index in [1.807, 2.05) is 6.92 Å². The molecule has 2 heterocycles. The molecule has 0 aliphatic heterocycles. The molecule has 0 aromatic carbocycles. The Morgan fingerprint density at radius 3 is 3.00 bits per heavy atom. The number of fused-ring (bicyclic) bond motifs is 1. The van der Waals surface area contributed by atoms with Crippen LogP contribution in [0.25, 0.3) is 5.78 Å². The Kier molecular flexibility index (Phi) is 1.51. The molecule has 0 aliphatic carbocycles. The number of hydrogen-bond donors (Lipinski definition) is 1. The molecule has 0 spiro atoms. The van der Waals surface area contributed by atoms with Gasteiger partial charge in [0.15, 0.2) is 5.69 Å². The highest BCUT2D eigenvalue weighted by Gasteiger charge is 2.08. The smallest absolute Gasteiger partial charge is 0.356 e. The zero-order chi connectivity index (χ0) is 9.42. The molecule has 0 fully saturated rings. The topological polar surface area (TPSA) is 67.5 Å². The average molecular weight is 177 g/mol. The van der Waals surface area contributed by atoms with Crippen LogP contribution in [0.3, 0.4) is 0 Å². The van der Waals surface area contributed by atoms with Crippen LogP contribution >= 0.6 is 0 Å². The Morgan fingerprint density at radius 2 is 2.31 bits per heavy atom. The molecule has 0 radical (unpaired) electrons. The molecular formula is C8H7N3O2. The van der Waals surface area contributed by atoms with E-state index in [0.29, 0.717) is 5.78 Å². The van der Waals surface area contributed by atoms with E-state index in [9.17, 15) is 4.79 Å². The van der Waals surface area contributed by atoms with Gasteiger partial charge in [-0.15, -0.1) is 0 Å². The van der Waals surface area contributed by atoms with Gasteiger partial charge in [-0.05, 0) is 12.5 Å². The number of rotatable bonds is 1. The number of carboxylic acids is 1. The number of aromatic nitrogens is 3. The van der Waals surface area contributed by atoms with E-state index >= 15 is 0 Å². The molecule has 0 saturated heterocycles. The van der Waals surface area contributed by atoms with Crippen molar-refractivity contribution in [3.63, 3.8) is 0 Å². The quantitative estimate of drug-likeness (QED) is 0.697. The minimum atomic E-state index is -1.04. The summed E-state index contributed by atoms with van der Waals surface area (Å²) in [6.45, 7) is 1.88. The molecule has 66 valence electrons. The SMILES string of the molecule is Cc1cnc2nc(C(=O)O)cn2c1. The summed E-state index contributed by atoms with van der Waals surface area (Å²) in [5.41, 5.74) is 0.972. The average Bonchev–Trinajstić information content (AvgIpc) is 2.46. The monoisotopic (exact) mass is 177 g/mol. The van der Waals surface area contributed by atoms with Crippen molar-refractivity contribution < 1.29 is 9.90 Å². The molecule has 2 aromatic rings. The molecule has 0 atom stereocenters. The summed E-state index contributed by atoms with van der Waals surface area (Å²) in [4.78, 5) is 18.3. The third kappa shape index (κ3) is 1.24. The third-order valence-corrected chi connectivity index (χ3v) is 1.66. The molecule has 5 nitrogen and oxygen atoms in total. The van der Waals surface area contributed by atoms with Gasteiger partial charge in [0.05, 0.1) is 0 Å². The van der Waals surface area contributed by atoms with E-state index in [0.717, 1.165) is 5.56 Å². The Morgan fingerprint density at radius 1 is 1.54 bits per heavy atom. The van der Waals surface area contributed by atoms with Gasteiger partial charge in [0.25, 0.3) is 0 Å². The molecule has 0 bridgehead atoms. The standard InChI is InChI=1S/C8H7N3O2/c1-5-2-9-8-10-6(7(12)13)4-11(8)3-5/h2-4H,1H3,(H,12,13). The second kappa shape index (κ2) is 2.55. The van der Waals surface area contributed by atoms with Gasteiger partial charge in [0, 0.05) is 18.6 Å². The van der Waals surface area contributed by atoms with Crippen molar-refractivity contribution in [2.24, 2.45) is 0 Å². The maximum absolute atomic E-state index is 10.6. The fraction of sp³-hybridized carbons (Fsp3) is 0.125. The van der Waals surface area contributed by atoms with Gasteiger partial charge < -0.3 is 5.11 Å². The number of nitrogens with zero attached hydrogens (tertiary/aromatic N) is 3. The molecule has 2 aromatic heterocycles. The molecule has 0 saturated carbocycles. The predicted octanol–water partition coefficient (Wildman–Crippen LogP) is 0.736. The normalized spacial score (nSPS) is 10.5. The van der Waals surface area contributed by atoms with Crippen molar-refractivity contribution in [1.29, 1.82) is 0 Å². The van der Waals surface area contributed by atoms with Gasteiger partial charge in [0.2, 0.25) is 5.78 Å². The van der Waals surface area contributed by atoms with Crippen LogP contribution in [0, 0.1) is 6.92 Å². The largest absolute Gasteiger partial charge is 0.476 e. The Balaban J connectivity index is 2.68. The van der Waals surface area contributed by atoms with Crippen molar-refractivity contribution in [3.8, 4) is 0 Å². The van der Waals surface area contributed by atoms with Crippen molar-refractivity contribution in [1.82, 2.24) is 14.4 Å². The summed E-state index contributed by atoms with van der Waals surface area (Å²) in [5, 5.41) is 8.65. The second-order valence-electron chi connectivity index (χ2n) is 2.77.